The molecule has 122 valence electrons. The molecule has 6 heteroatoms. The summed E-state index contributed by atoms with van der Waals surface area (Å²) in [6.45, 7) is 2.04. The molecular weight excluding hydrogens is 314 g/mol. The van der Waals surface area contributed by atoms with E-state index in [1.165, 1.54) is 0 Å². The second-order valence-electron chi connectivity index (χ2n) is 6.12. The van der Waals surface area contributed by atoms with Gasteiger partial charge in [0.2, 0.25) is 5.91 Å². The van der Waals surface area contributed by atoms with Crippen LogP contribution >= 0.6 is 11.6 Å². The highest BCUT2D eigenvalue weighted by Crippen LogP contribution is 2.36. The SMILES string of the molecule is Cc1nn(C)c(Cl)c1CC(=O)NCC1(O)CCc2ccccc21. The summed E-state index contributed by atoms with van der Waals surface area (Å²) in [5, 5.41) is 18.3. The van der Waals surface area contributed by atoms with E-state index in [2.05, 4.69) is 10.4 Å². The van der Waals surface area contributed by atoms with Crippen LogP contribution in [-0.2, 0) is 30.3 Å². The van der Waals surface area contributed by atoms with Crippen LogP contribution in [0.3, 0.4) is 0 Å². The van der Waals surface area contributed by atoms with Gasteiger partial charge in [-0.05, 0) is 30.9 Å². The molecular formula is C17H20ClN3O2. The van der Waals surface area contributed by atoms with Gasteiger partial charge in [-0.15, -0.1) is 0 Å². The van der Waals surface area contributed by atoms with E-state index in [9.17, 15) is 9.90 Å². The first-order chi connectivity index (χ1) is 10.9. The Labute approximate surface area is 140 Å². The van der Waals surface area contributed by atoms with Crippen molar-refractivity contribution in [3.05, 3.63) is 51.8 Å². The van der Waals surface area contributed by atoms with E-state index in [0.29, 0.717) is 11.6 Å². The fourth-order valence-electron chi connectivity index (χ4n) is 3.19. The van der Waals surface area contributed by atoms with Crippen LogP contribution in [0.1, 0.15) is 28.8 Å². The second-order valence-corrected chi connectivity index (χ2v) is 6.48. The number of carbonyl (C=O) groups excluding carboxylic acids is 1. The number of benzene rings is 1. The zero-order chi connectivity index (χ0) is 16.6. The number of amides is 1. The molecule has 1 aliphatic rings. The van der Waals surface area contributed by atoms with Crippen LogP contribution in [0.2, 0.25) is 5.15 Å². The maximum atomic E-state index is 12.2. The van der Waals surface area contributed by atoms with Crippen molar-refractivity contribution in [3.8, 4) is 0 Å². The first-order valence-corrected chi connectivity index (χ1v) is 8.04. The Morgan fingerprint density at radius 2 is 2.22 bits per heavy atom. The molecule has 1 unspecified atom stereocenters. The lowest BCUT2D eigenvalue weighted by atomic mass is 9.96. The minimum Gasteiger partial charge on any atom is -0.383 e. The Hall–Kier alpha value is -1.85. The minimum absolute atomic E-state index is 0.163. The molecule has 1 amide bonds. The highest BCUT2D eigenvalue weighted by atomic mass is 35.5. The van der Waals surface area contributed by atoms with Crippen LogP contribution < -0.4 is 5.32 Å². The van der Waals surface area contributed by atoms with Crippen molar-refractivity contribution in [1.29, 1.82) is 0 Å². The van der Waals surface area contributed by atoms with Gasteiger partial charge >= 0.3 is 0 Å². The number of halogens is 1. The summed E-state index contributed by atoms with van der Waals surface area (Å²) in [5.74, 6) is -0.166. The Kier molecular flexibility index (Phi) is 4.17. The molecule has 1 aliphatic carbocycles. The number of aromatic nitrogens is 2. The number of aliphatic hydroxyl groups is 1. The maximum absolute atomic E-state index is 12.2. The van der Waals surface area contributed by atoms with E-state index in [0.717, 1.165) is 28.8 Å². The summed E-state index contributed by atoms with van der Waals surface area (Å²) in [7, 11) is 1.74. The van der Waals surface area contributed by atoms with Crippen molar-refractivity contribution >= 4 is 17.5 Å². The van der Waals surface area contributed by atoms with Gasteiger partial charge in [0.05, 0.1) is 18.7 Å². The van der Waals surface area contributed by atoms with Crippen LogP contribution in [0.15, 0.2) is 24.3 Å². The van der Waals surface area contributed by atoms with Crippen molar-refractivity contribution < 1.29 is 9.90 Å². The Bertz CT molecular complexity index is 756. The van der Waals surface area contributed by atoms with Gasteiger partial charge in [0.25, 0.3) is 0 Å². The average molecular weight is 334 g/mol. The summed E-state index contributed by atoms with van der Waals surface area (Å²) in [6, 6.07) is 7.83. The van der Waals surface area contributed by atoms with Crippen LogP contribution in [0.5, 0.6) is 0 Å². The number of fused-ring (bicyclic) bond motifs is 1. The van der Waals surface area contributed by atoms with E-state index < -0.39 is 5.60 Å². The number of nitrogens with one attached hydrogen (secondary N) is 1. The van der Waals surface area contributed by atoms with Crippen molar-refractivity contribution in [2.45, 2.75) is 31.8 Å². The predicted octanol–water partition coefficient (Wildman–Crippen LogP) is 1.87. The molecule has 0 saturated carbocycles. The molecule has 0 aliphatic heterocycles. The molecule has 5 nitrogen and oxygen atoms in total. The van der Waals surface area contributed by atoms with Crippen molar-refractivity contribution in [2.75, 3.05) is 6.54 Å². The molecule has 3 rings (SSSR count). The van der Waals surface area contributed by atoms with E-state index in [-0.39, 0.29) is 18.9 Å². The van der Waals surface area contributed by atoms with Crippen molar-refractivity contribution in [1.82, 2.24) is 15.1 Å². The third-order valence-corrected chi connectivity index (χ3v) is 4.98. The normalized spacial score (nSPS) is 19.7. The molecule has 23 heavy (non-hydrogen) atoms. The van der Waals surface area contributed by atoms with Gasteiger partial charge in [0, 0.05) is 12.6 Å². The second kappa shape index (κ2) is 5.98. The Balaban J connectivity index is 1.66. The molecule has 0 spiro atoms. The van der Waals surface area contributed by atoms with E-state index in [1.54, 1.807) is 11.7 Å². The van der Waals surface area contributed by atoms with Crippen LogP contribution in [0.25, 0.3) is 0 Å². The highest BCUT2D eigenvalue weighted by molar-refractivity contribution is 6.30. The van der Waals surface area contributed by atoms with Crippen molar-refractivity contribution in [3.63, 3.8) is 0 Å². The van der Waals surface area contributed by atoms with Gasteiger partial charge in [0.15, 0.2) is 0 Å². The molecule has 0 bridgehead atoms. The number of rotatable bonds is 4. The molecule has 1 heterocycles. The lowest BCUT2D eigenvalue weighted by Gasteiger charge is -2.24. The van der Waals surface area contributed by atoms with Gasteiger partial charge in [-0.1, -0.05) is 35.9 Å². The van der Waals surface area contributed by atoms with Crippen LogP contribution in [0, 0.1) is 6.92 Å². The number of carbonyl (C=O) groups is 1. The maximum Gasteiger partial charge on any atom is 0.224 e. The fourth-order valence-corrected chi connectivity index (χ4v) is 3.44. The molecule has 2 aromatic rings. The highest BCUT2D eigenvalue weighted by Gasteiger charge is 2.36. The Morgan fingerprint density at radius 3 is 2.91 bits per heavy atom. The summed E-state index contributed by atoms with van der Waals surface area (Å²) in [6.07, 6.45) is 1.62. The Morgan fingerprint density at radius 1 is 1.48 bits per heavy atom. The molecule has 1 aromatic carbocycles. The van der Waals surface area contributed by atoms with E-state index in [4.69, 9.17) is 11.6 Å². The third kappa shape index (κ3) is 2.99. The van der Waals surface area contributed by atoms with Crippen molar-refractivity contribution in [2.24, 2.45) is 7.05 Å². The zero-order valence-corrected chi connectivity index (χ0v) is 14.0. The average Bonchev–Trinajstić information content (AvgIpc) is 2.99. The standard InChI is InChI=1S/C17H20ClN3O2/c1-11-13(16(18)21(2)20-11)9-15(22)19-10-17(23)8-7-12-5-3-4-6-14(12)17/h3-6,23H,7-10H2,1-2H3,(H,19,22). The van der Waals surface area contributed by atoms with Crippen LogP contribution in [-0.4, -0.2) is 27.3 Å². The minimum atomic E-state index is -0.986. The van der Waals surface area contributed by atoms with Gasteiger partial charge in [-0.2, -0.15) is 5.10 Å². The topological polar surface area (TPSA) is 67.2 Å². The third-order valence-electron chi connectivity index (χ3n) is 4.51. The number of nitrogens with zero attached hydrogens (tertiary/aromatic N) is 2. The van der Waals surface area contributed by atoms with Gasteiger partial charge in [-0.3, -0.25) is 9.48 Å². The predicted molar refractivity (Wildman–Crippen MR) is 88.3 cm³/mol. The van der Waals surface area contributed by atoms with Crippen LogP contribution in [0.4, 0.5) is 0 Å². The van der Waals surface area contributed by atoms with E-state index >= 15 is 0 Å². The fraction of sp³-hybridized carbons (Fsp3) is 0.412. The van der Waals surface area contributed by atoms with Gasteiger partial charge in [0.1, 0.15) is 10.8 Å². The molecule has 1 atom stereocenters. The molecule has 0 fully saturated rings. The molecule has 2 N–H and O–H groups in total. The lowest BCUT2D eigenvalue weighted by molar-refractivity contribution is -0.121. The quantitative estimate of drug-likeness (QED) is 0.897. The first-order valence-electron chi connectivity index (χ1n) is 7.66. The first kappa shape index (κ1) is 16.0. The van der Waals surface area contributed by atoms with Gasteiger partial charge < -0.3 is 10.4 Å². The van der Waals surface area contributed by atoms with E-state index in [1.807, 2.05) is 31.2 Å². The largest absolute Gasteiger partial charge is 0.383 e. The molecule has 1 aromatic heterocycles. The lowest BCUT2D eigenvalue weighted by Crippen LogP contribution is -2.40. The summed E-state index contributed by atoms with van der Waals surface area (Å²) in [5.41, 5.74) is 2.55. The van der Waals surface area contributed by atoms with Gasteiger partial charge in [-0.25, -0.2) is 0 Å². The zero-order valence-electron chi connectivity index (χ0n) is 13.3. The summed E-state index contributed by atoms with van der Waals surface area (Å²) in [4.78, 5) is 12.2. The monoisotopic (exact) mass is 333 g/mol. The summed E-state index contributed by atoms with van der Waals surface area (Å²) >= 11 is 6.15. The molecule has 0 saturated heterocycles. The number of hydrogen-bond acceptors (Lipinski definition) is 3. The number of aryl methyl sites for hydroxylation is 3. The smallest absolute Gasteiger partial charge is 0.224 e. The number of hydrogen-bond donors (Lipinski definition) is 2. The summed E-state index contributed by atoms with van der Waals surface area (Å²) < 4.78 is 1.56. The molecule has 0 radical (unpaired) electrons.